The second kappa shape index (κ2) is 9.01. The minimum atomic E-state index is -1.41. The highest BCUT2D eigenvalue weighted by Crippen LogP contribution is 2.36. The quantitative estimate of drug-likeness (QED) is 0.279. The van der Waals surface area contributed by atoms with Crippen molar-refractivity contribution < 1.29 is 4.57 Å². The van der Waals surface area contributed by atoms with E-state index in [9.17, 15) is 0 Å². The maximum atomic E-state index is 2.46. The number of aromatic nitrogens is 2. The molecule has 1 aromatic heterocycles. The summed E-state index contributed by atoms with van der Waals surface area (Å²) in [7, 11) is 0.769. The first-order chi connectivity index (χ1) is 14.8. The second-order valence-electron chi connectivity index (χ2n) is 11.4. The molecule has 0 saturated heterocycles. The predicted octanol–water partition coefficient (Wildman–Crippen LogP) is 7.19. The number of hydrogen-bond donors (Lipinski definition) is 0. The molecule has 3 rings (SSSR count). The standard InChI is InChI=1S/C29H43N2Si/c1-19(2)23-16-25(20(3)4)28(26(17-23)21(5)6)31-15-14-30(8)29(31)27-18-24(32(9,10)11)13-12-22(27)7/h12-21H,1-11H3/q+1. The number of nitrogens with zero attached hydrogens (tertiary/aromatic N) is 2. The lowest BCUT2D eigenvalue weighted by Crippen LogP contribution is -2.38. The first-order valence-corrected chi connectivity index (χ1v) is 15.7. The summed E-state index contributed by atoms with van der Waals surface area (Å²) in [5, 5.41) is 1.51. The van der Waals surface area contributed by atoms with Gasteiger partial charge in [0.2, 0.25) is 0 Å². The molecule has 2 aromatic carbocycles. The second-order valence-corrected chi connectivity index (χ2v) is 16.5. The Morgan fingerprint density at radius 3 is 1.84 bits per heavy atom. The van der Waals surface area contributed by atoms with Gasteiger partial charge in [-0.3, -0.25) is 0 Å². The van der Waals surface area contributed by atoms with Crippen molar-refractivity contribution in [3.05, 3.63) is 65.0 Å². The number of aryl methyl sites for hydroxylation is 2. The molecule has 2 nitrogen and oxygen atoms in total. The van der Waals surface area contributed by atoms with Crippen molar-refractivity contribution in [1.82, 2.24) is 4.57 Å². The number of benzene rings is 2. The third kappa shape index (κ3) is 4.64. The zero-order chi connectivity index (χ0) is 24.0. The highest BCUT2D eigenvalue weighted by atomic mass is 28.3. The third-order valence-corrected chi connectivity index (χ3v) is 8.73. The molecule has 32 heavy (non-hydrogen) atoms. The van der Waals surface area contributed by atoms with Crippen molar-refractivity contribution in [3.8, 4) is 17.1 Å². The van der Waals surface area contributed by atoms with Gasteiger partial charge < -0.3 is 0 Å². The fraction of sp³-hybridized carbons (Fsp3) is 0.483. The lowest BCUT2D eigenvalue weighted by molar-refractivity contribution is -0.659. The van der Waals surface area contributed by atoms with Gasteiger partial charge in [0.1, 0.15) is 18.1 Å². The Hall–Kier alpha value is -2.13. The van der Waals surface area contributed by atoms with Crippen molar-refractivity contribution in [1.29, 1.82) is 0 Å². The van der Waals surface area contributed by atoms with Gasteiger partial charge in [-0.2, -0.15) is 4.57 Å². The molecule has 0 bridgehead atoms. The molecule has 0 saturated carbocycles. The van der Waals surface area contributed by atoms with Crippen molar-refractivity contribution in [3.63, 3.8) is 0 Å². The normalized spacial score (nSPS) is 12.4. The number of imidazole rings is 1. The lowest BCUT2D eigenvalue weighted by atomic mass is 9.87. The van der Waals surface area contributed by atoms with Gasteiger partial charge >= 0.3 is 0 Å². The summed E-state index contributed by atoms with van der Waals surface area (Å²) in [6.07, 6.45) is 4.47. The first-order valence-electron chi connectivity index (χ1n) is 12.2. The highest BCUT2D eigenvalue weighted by molar-refractivity contribution is 6.88. The predicted molar refractivity (Wildman–Crippen MR) is 142 cm³/mol. The van der Waals surface area contributed by atoms with E-state index in [1.807, 2.05) is 0 Å². The molecule has 0 spiro atoms. The Balaban J connectivity index is 2.39. The smallest absolute Gasteiger partial charge is 0.232 e. The van der Waals surface area contributed by atoms with Gasteiger partial charge in [-0.1, -0.05) is 90.6 Å². The maximum absolute atomic E-state index is 2.46. The van der Waals surface area contributed by atoms with E-state index in [1.165, 1.54) is 44.5 Å². The van der Waals surface area contributed by atoms with Crippen LogP contribution in [0.1, 0.15) is 81.5 Å². The van der Waals surface area contributed by atoms with Crippen LogP contribution in [0.3, 0.4) is 0 Å². The minimum Gasteiger partial charge on any atom is -0.232 e. The van der Waals surface area contributed by atoms with Crippen LogP contribution in [0.4, 0.5) is 0 Å². The summed E-state index contributed by atoms with van der Waals surface area (Å²) in [6, 6.07) is 12.0. The Morgan fingerprint density at radius 1 is 0.812 bits per heavy atom. The summed E-state index contributed by atoms with van der Waals surface area (Å²) < 4.78 is 4.76. The van der Waals surface area contributed by atoms with Gasteiger partial charge in [-0.15, -0.1) is 0 Å². The van der Waals surface area contributed by atoms with Crippen molar-refractivity contribution in [2.75, 3.05) is 0 Å². The summed E-state index contributed by atoms with van der Waals surface area (Å²) in [5.41, 5.74) is 8.37. The number of hydrogen-bond acceptors (Lipinski definition) is 0. The van der Waals surface area contributed by atoms with Crippen LogP contribution in [0.25, 0.3) is 17.1 Å². The van der Waals surface area contributed by atoms with Crippen LogP contribution in [0, 0.1) is 6.92 Å². The average molecular weight is 448 g/mol. The topological polar surface area (TPSA) is 8.81 Å². The van der Waals surface area contributed by atoms with E-state index in [1.54, 1.807) is 0 Å². The first kappa shape index (κ1) is 24.5. The summed E-state index contributed by atoms with van der Waals surface area (Å²) in [6.45, 7) is 23.4. The SMILES string of the molecule is Cc1ccc([Si](C)(C)C)cc1-c1n(-c2c(C(C)C)cc(C(C)C)cc2C(C)C)cc[n+]1C. The van der Waals surface area contributed by atoms with Crippen LogP contribution in [-0.4, -0.2) is 12.6 Å². The van der Waals surface area contributed by atoms with Gasteiger partial charge in [0.15, 0.2) is 0 Å². The van der Waals surface area contributed by atoms with Gasteiger partial charge in [0.25, 0.3) is 5.82 Å². The Morgan fingerprint density at radius 2 is 1.38 bits per heavy atom. The van der Waals surface area contributed by atoms with Crippen LogP contribution in [0.5, 0.6) is 0 Å². The van der Waals surface area contributed by atoms with Crippen molar-refractivity contribution >= 4 is 13.3 Å². The number of rotatable bonds is 6. The van der Waals surface area contributed by atoms with Gasteiger partial charge in [0.05, 0.1) is 20.7 Å². The van der Waals surface area contributed by atoms with Crippen molar-refractivity contribution in [2.45, 2.75) is 85.9 Å². The Kier molecular flexibility index (Phi) is 6.90. The van der Waals surface area contributed by atoms with Crippen LogP contribution in [0.2, 0.25) is 19.6 Å². The van der Waals surface area contributed by atoms with E-state index in [0.717, 1.165) is 0 Å². The van der Waals surface area contributed by atoms with E-state index in [0.29, 0.717) is 17.8 Å². The maximum Gasteiger partial charge on any atom is 0.294 e. The third-order valence-electron chi connectivity index (χ3n) is 6.69. The highest BCUT2D eigenvalue weighted by Gasteiger charge is 2.29. The molecule has 3 heteroatoms. The Bertz CT molecular complexity index is 1080. The molecule has 1 heterocycles. The summed E-state index contributed by atoms with van der Waals surface area (Å²) in [5.74, 6) is 2.70. The van der Waals surface area contributed by atoms with E-state index in [-0.39, 0.29) is 0 Å². The molecule has 0 aliphatic carbocycles. The van der Waals surface area contributed by atoms with E-state index >= 15 is 0 Å². The largest absolute Gasteiger partial charge is 0.294 e. The monoisotopic (exact) mass is 447 g/mol. The van der Waals surface area contributed by atoms with Gasteiger partial charge in [-0.05, 0) is 41.9 Å². The molecule has 0 fully saturated rings. The molecule has 172 valence electrons. The summed E-state index contributed by atoms with van der Waals surface area (Å²) in [4.78, 5) is 0. The van der Waals surface area contributed by atoms with Gasteiger partial charge in [0, 0.05) is 11.1 Å². The fourth-order valence-electron chi connectivity index (χ4n) is 4.50. The molecule has 0 unspecified atom stereocenters. The Labute approximate surface area is 197 Å². The zero-order valence-electron chi connectivity index (χ0n) is 22.2. The van der Waals surface area contributed by atoms with Crippen LogP contribution in [-0.2, 0) is 7.05 Å². The minimum absolute atomic E-state index is 0.455. The molecular formula is C29H43N2Si+. The van der Waals surface area contributed by atoms with E-state index in [2.05, 4.69) is 127 Å². The molecule has 0 N–H and O–H groups in total. The fourth-order valence-corrected chi connectivity index (χ4v) is 5.66. The van der Waals surface area contributed by atoms with Gasteiger partial charge in [-0.25, -0.2) is 4.57 Å². The molecule has 0 amide bonds. The van der Waals surface area contributed by atoms with Crippen molar-refractivity contribution in [2.24, 2.45) is 7.05 Å². The lowest BCUT2D eigenvalue weighted by Gasteiger charge is -2.22. The molecule has 0 radical (unpaired) electrons. The average Bonchev–Trinajstić information content (AvgIpc) is 3.07. The van der Waals surface area contributed by atoms with Crippen LogP contribution < -0.4 is 9.75 Å². The molecule has 0 aliphatic rings. The van der Waals surface area contributed by atoms with Crippen LogP contribution >= 0.6 is 0 Å². The molecule has 0 atom stereocenters. The summed E-state index contributed by atoms with van der Waals surface area (Å²) >= 11 is 0. The molecule has 3 aromatic rings. The molecule has 0 aliphatic heterocycles. The molecular weight excluding hydrogens is 404 g/mol. The van der Waals surface area contributed by atoms with E-state index < -0.39 is 8.07 Å². The zero-order valence-corrected chi connectivity index (χ0v) is 23.2. The van der Waals surface area contributed by atoms with E-state index in [4.69, 9.17) is 0 Å². The van der Waals surface area contributed by atoms with Crippen LogP contribution in [0.15, 0.2) is 42.7 Å².